The van der Waals surface area contributed by atoms with Gasteiger partial charge in [-0.05, 0) is 67.4 Å². The molecule has 3 aliphatic rings. The summed E-state index contributed by atoms with van der Waals surface area (Å²) in [5.41, 5.74) is 6.41. The standard InChI is InChI=1S/C22H26O2/c1-4-11-22(23)13-10-20-19-7-5-15-14-16(24-3)6-8-17(15)18(19)9-12-21(20,22)2/h6-8,11,14,18,20,23H,1,5,9-10,12-13H2,2-3H3/t18-,20+,21+,22+/m1/s1. The number of benzene rings is 1. The molecule has 0 heterocycles. The zero-order valence-corrected chi connectivity index (χ0v) is 14.6. The van der Waals surface area contributed by atoms with E-state index in [0.717, 1.165) is 37.9 Å². The number of methoxy groups -OCH3 is 1. The zero-order chi connectivity index (χ0) is 16.9. The second-order valence-corrected chi connectivity index (χ2v) is 7.85. The molecule has 0 aromatic heterocycles. The monoisotopic (exact) mass is 322 g/mol. The normalized spacial score (nSPS) is 36.7. The van der Waals surface area contributed by atoms with Crippen LogP contribution in [-0.2, 0) is 6.42 Å². The van der Waals surface area contributed by atoms with Crippen LogP contribution in [0.25, 0.3) is 0 Å². The molecule has 126 valence electrons. The minimum atomic E-state index is -0.759. The molecule has 0 spiro atoms. The van der Waals surface area contributed by atoms with Crippen molar-refractivity contribution >= 4 is 0 Å². The van der Waals surface area contributed by atoms with Gasteiger partial charge in [-0.1, -0.05) is 31.2 Å². The smallest absolute Gasteiger partial charge is 0.119 e. The highest BCUT2D eigenvalue weighted by Crippen LogP contribution is 2.63. The van der Waals surface area contributed by atoms with Gasteiger partial charge in [-0.15, -0.1) is 5.73 Å². The Kier molecular flexibility index (Phi) is 3.53. The SMILES string of the molecule is C=C=C[C@]1(O)CC[C@H]2C3=CCc4cc(OC)ccc4[C@H]3CC[C@@]21C. The first kappa shape index (κ1) is 15.7. The van der Waals surface area contributed by atoms with Crippen LogP contribution in [0.1, 0.15) is 49.7 Å². The molecule has 1 N–H and O–H groups in total. The van der Waals surface area contributed by atoms with E-state index in [4.69, 9.17) is 4.74 Å². The van der Waals surface area contributed by atoms with Crippen molar-refractivity contribution in [2.75, 3.05) is 7.11 Å². The largest absolute Gasteiger partial charge is 0.497 e. The summed E-state index contributed by atoms with van der Waals surface area (Å²) in [4.78, 5) is 0. The summed E-state index contributed by atoms with van der Waals surface area (Å²) >= 11 is 0. The highest BCUT2D eigenvalue weighted by molar-refractivity contribution is 5.48. The maximum Gasteiger partial charge on any atom is 0.119 e. The molecule has 24 heavy (non-hydrogen) atoms. The van der Waals surface area contributed by atoms with Gasteiger partial charge in [-0.25, -0.2) is 0 Å². The Morgan fingerprint density at radius 2 is 2.17 bits per heavy atom. The predicted octanol–water partition coefficient (Wildman–Crippen LogP) is 4.54. The summed E-state index contributed by atoms with van der Waals surface area (Å²) in [7, 11) is 1.73. The van der Waals surface area contributed by atoms with Crippen LogP contribution in [-0.4, -0.2) is 17.8 Å². The average molecular weight is 322 g/mol. The molecule has 0 amide bonds. The van der Waals surface area contributed by atoms with Gasteiger partial charge in [-0.3, -0.25) is 0 Å². The van der Waals surface area contributed by atoms with E-state index in [1.54, 1.807) is 12.7 Å². The number of rotatable bonds is 2. The molecule has 3 aliphatic carbocycles. The first-order valence-electron chi connectivity index (χ1n) is 8.98. The molecular formula is C22H26O2. The van der Waals surface area contributed by atoms with E-state index < -0.39 is 5.60 Å². The summed E-state index contributed by atoms with van der Waals surface area (Å²) in [5.74, 6) is 1.91. The van der Waals surface area contributed by atoms with Crippen molar-refractivity contribution in [2.45, 2.75) is 50.5 Å². The average Bonchev–Trinajstić information content (AvgIpc) is 2.86. The number of ether oxygens (including phenoxy) is 1. The fourth-order valence-corrected chi connectivity index (χ4v) is 5.53. The van der Waals surface area contributed by atoms with Crippen molar-refractivity contribution in [3.8, 4) is 5.75 Å². The first-order valence-corrected chi connectivity index (χ1v) is 8.98. The molecule has 0 saturated heterocycles. The molecule has 0 aliphatic heterocycles. The van der Waals surface area contributed by atoms with Gasteiger partial charge in [0.1, 0.15) is 5.75 Å². The lowest BCUT2D eigenvalue weighted by Crippen LogP contribution is -2.47. The molecule has 2 nitrogen and oxygen atoms in total. The van der Waals surface area contributed by atoms with Crippen LogP contribution in [0.15, 0.2) is 48.2 Å². The number of allylic oxidation sites excluding steroid dienone is 2. The first-order chi connectivity index (χ1) is 11.5. The number of aliphatic hydroxyl groups is 1. The second kappa shape index (κ2) is 5.37. The van der Waals surface area contributed by atoms with Gasteiger partial charge in [0.25, 0.3) is 0 Å². The van der Waals surface area contributed by atoms with Gasteiger partial charge in [0.2, 0.25) is 0 Å². The third kappa shape index (κ3) is 2.00. The zero-order valence-electron chi connectivity index (χ0n) is 14.6. The molecule has 0 radical (unpaired) electrons. The molecule has 2 saturated carbocycles. The van der Waals surface area contributed by atoms with E-state index in [2.05, 4.69) is 43.5 Å². The Balaban J connectivity index is 1.73. The van der Waals surface area contributed by atoms with Gasteiger partial charge in [0, 0.05) is 11.3 Å². The molecule has 2 fully saturated rings. The molecular weight excluding hydrogens is 296 g/mol. The van der Waals surface area contributed by atoms with Crippen molar-refractivity contribution in [2.24, 2.45) is 11.3 Å². The fourth-order valence-electron chi connectivity index (χ4n) is 5.53. The minimum absolute atomic E-state index is 0.0933. The Morgan fingerprint density at radius 1 is 1.33 bits per heavy atom. The van der Waals surface area contributed by atoms with Crippen LogP contribution >= 0.6 is 0 Å². The van der Waals surface area contributed by atoms with Crippen molar-refractivity contribution < 1.29 is 9.84 Å². The molecule has 0 unspecified atom stereocenters. The maximum atomic E-state index is 11.2. The van der Waals surface area contributed by atoms with Crippen molar-refractivity contribution in [3.05, 3.63) is 59.4 Å². The highest BCUT2D eigenvalue weighted by Gasteiger charge is 2.59. The Morgan fingerprint density at radius 3 is 2.92 bits per heavy atom. The predicted molar refractivity (Wildman–Crippen MR) is 96.2 cm³/mol. The van der Waals surface area contributed by atoms with Crippen molar-refractivity contribution in [1.82, 2.24) is 0 Å². The molecule has 0 bridgehead atoms. The van der Waals surface area contributed by atoms with E-state index in [1.165, 1.54) is 11.1 Å². The summed E-state index contributed by atoms with van der Waals surface area (Å²) < 4.78 is 5.39. The molecule has 4 atom stereocenters. The third-order valence-corrected chi connectivity index (χ3v) is 6.95. The van der Waals surface area contributed by atoms with Crippen LogP contribution < -0.4 is 4.74 Å². The number of fused-ring (bicyclic) bond motifs is 5. The summed E-state index contributed by atoms with van der Waals surface area (Å²) in [6.07, 6.45) is 9.23. The van der Waals surface area contributed by atoms with E-state index in [0.29, 0.717) is 11.8 Å². The van der Waals surface area contributed by atoms with Gasteiger partial charge in [0.15, 0.2) is 0 Å². The molecule has 4 rings (SSSR count). The maximum absolute atomic E-state index is 11.2. The summed E-state index contributed by atoms with van der Waals surface area (Å²) in [5, 5.41) is 11.2. The molecule has 2 heteroatoms. The van der Waals surface area contributed by atoms with E-state index in [9.17, 15) is 5.11 Å². The van der Waals surface area contributed by atoms with Gasteiger partial charge < -0.3 is 9.84 Å². The molecule has 1 aromatic rings. The lowest BCUT2D eigenvalue weighted by molar-refractivity contribution is -0.0377. The lowest BCUT2D eigenvalue weighted by Gasteiger charge is -2.49. The Bertz CT molecular complexity index is 755. The second-order valence-electron chi connectivity index (χ2n) is 7.85. The van der Waals surface area contributed by atoms with Crippen LogP contribution in [0.5, 0.6) is 5.75 Å². The Labute approximate surface area is 144 Å². The van der Waals surface area contributed by atoms with Crippen molar-refractivity contribution in [3.63, 3.8) is 0 Å². The van der Waals surface area contributed by atoms with Crippen LogP contribution in [0, 0.1) is 11.3 Å². The third-order valence-electron chi connectivity index (χ3n) is 6.95. The van der Waals surface area contributed by atoms with Crippen LogP contribution in [0.3, 0.4) is 0 Å². The van der Waals surface area contributed by atoms with E-state index in [-0.39, 0.29) is 5.41 Å². The summed E-state index contributed by atoms with van der Waals surface area (Å²) in [6.45, 7) is 5.96. The minimum Gasteiger partial charge on any atom is -0.497 e. The van der Waals surface area contributed by atoms with Gasteiger partial charge >= 0.3 is 0 Å². The van der Waals surface area contributed by atoms with E-state index in [1.807, 2.05) is 6.08 Å². The quantitative estimate of drug-likeness (QED) is 0.639. The number of hydrogen-bond donors (Lipinski definition) is 1. The van der Waals surface area contributed by atoms with E-state index >= 15 is 0 Å². The van der Waals surface area contributed by atoms with Gasteiger partial charge in [-0.2, -0.15) is 0 Å². The van der Waals surface area contributed by atoms with Crippen LogP contribution in [0.4, 0.5) is 0 Å². The topological polar surface area (TPSA) is 29.5 Å². The van der Waals surface area contributed by atoms with Gasteiger partial charge in [0.05, 0.1) is 12.7 Å². The Hall–Kier alpha value is -1.76. The number of hydrogen-bond acceptors (Lipinski definition) is 2. The molecule has 1 aromatic carbocycles. The highest BCUT2D eigenvalue weighted by atomic mass is 16.5. The fraction of sp³-hybridized carbons (Fsp3) is 0.500. The lowest BCUT2D eigenvalue weighted by atomic mass is 9.57. The van der Waals surface area contributed by atoms with Crippen LogP contribution in [0.2, 0.25) is 0 Å². The van der Waals surface area contributed by atoms with Crippen molar-refractivity contribution in [1.29, 1.82) is 0 Å². The summed E-state index contributed by atoms with van der Waals surface area (Å²) in [6, 6.07) is 6.52.